The zero-order valence-electron chi connectivity index (χ0n) is 9.31. The number of rotatable bonds is 3. The standard InChI is InChI=1S/C12H11BrN4/c1-2-17-8-12(7-15-17)16-11-4-9(6-14)3-10(13)5-11/h3-5,7-8,16H,2H2,1H3. The van der Waals surface area contributed by atoms with Crippen molar-refractivity contribution < 1.29 is 0 Å². The van der Waals surface area contributed by atoms with E-state index in [9.17, 15) is 0 Å². The van der Waals surface area contributed by atoms with Gasteiger partial charge in [0.15, 0.2) is 0 Å². The molecule has 0 saturated carbocycles. The van der Waals surface area contributed by atoms with E-state index >= 15 is 0 Å². The number of anilines is 2. The second-order valence-electron chi connectivity index (χ2n) is 3.55. The maximum absolute atomic E-state index is 8.88. The van der Waals surface area contributed by atoms with Crippen LogP contribution in [0.3, 0.4) is 0 Å². The fraction of sp³-hybridized carbons (Fsp3) is 0.167. The number of hydrogen-bond acceptors (Lipinski definition) is 3. The van der Waals surface area contributed by atoms with E-state index in [1.807, 2.05) is 23.9 Å². The highest BCUT2D eigenvalue weighted by Crippen LogP contribution is 2.22. The first-order chi connectivity index (χ1) is 8.21. The third-order valence-electron chi connectivity index (χ3n) is 2.27. The molecule has 0 bridgehead atoms. The van der Waals surface area contributed by atoms with Crippen molar-refractivity contribution in [1.82, 2.24) is 9.78 Å². The Morgan fingerprint density at radius 1 is 1.41 bits per heavy atom. The van der Waals surface area contributed by atoms with Gasteiger partial charge in [0.05, 0.1) is 23.5 Å². The molecule has 2 aromatic rings. The van der Waals surface area contributed by atoms with Crippen LogP contribution in [0.1, 0.15) is 12.5 Å². The van der Waals surface area contributed by atoms with Crippen molar-refractivity contribution in [2.75, 3.05) is 5.32 Å². The van der Waals surface area contributed by atoms with Crippen LogP contribution in [0.25, 0.3) is 0 Å². The van der Waals surface area contributed by atoms with E-state index in [2.05, 4.69) is 32.4 Å². The Labute approximate surface area is 108 Å². The van der Waals surface area contributed by atoms with Gasteiger partial charge in [-0.15, -0.1) is 0 Å². The summed E-state index contributed by atoms with van der Waals surface area (Å²) >= 11 is 3.37. The molecule has 1 aromatic carbocycles. The molecule has 0 aliphatic heterocycles. The fourth-order valence-electron chi connectivity index (χ4n) is 1.49. The molecule has 0 aliphatic carbocycles. The van der Waals surface area contributed by atoms with Gasteiger partial charge in [0, 0.05) is 22.9 Å². The Morgan fingerprint density at radius 3 is 2.88 bits per heavy atom. The molecular weight excluding hydrogens is 280 g/mol. The molecule has 0 radical (unpaired) electrons. The molecule has 0 saturated heterocycles. The Bertz CT molecular complexity index is 568. The topological polar surface area (TPSA) is 53.6 Å². The summed E-state index contributed by atoms with van der Waals surface area (Å²) in [4.78, 5) is 0. The molecule has 4 nitrogen and oxygen atoms in total. The van der Waals surface area contributed by atoms with E-state index in [-0.39, 0.29) is 0 Å². The van der Waals surface area contributed by atoms with Crippen LogP contribution in [0.2, 0.25) is 0 Å². The first-order valence-electron chi connectivity index (χ1n) is 5.21. The van der Waals surface area contributed by atoms with Crippen LogP contribution in [-0.2, 0) is 6.54 Å². The smallest absolute Gasteiger partial charge is 0.0992 e. The van der Waals surface area contributed by atoms with Gasteiger partial charge in [0.1, 0.15) is 0 Å². The predicted octanol–water partition coefficient (Wildman–Crippen LogP) is 3.28. The van der Waals surface area contributed by atoms with Crippen molar-refractivity contribution in [2.24, 2.45) is 0 Å². The molecule has 1 heterocycles. The van der Waals surface area contributed by atoms with Crippen molar-refractivity contribution in [1.29, 1.82) is 5.26 Å². The summed E-state index contributed by atoms with van der Waals surface area (Å²) in [7, 11) is 0. The number of benzene rings is 1. The van der Waals surface area contributed by atoms with Gasteiger partial charge in [-0.3, -0.25) is 4.68 Å². The van der Waals surface area contributed by atoms with Crippen LogP contribution >= 0.6 is 15.9 Å². The molecule has 0 unspecified atom stereocenters. The van der Waals surface area contributed by atoms with Crippen molar-refractivity contribution in [3.63, 3.8) is 0 Å². The van der Waals surface area contributed by atoms with Gasteiger partial charge in [-0.25, -0.2) is 0 Å². The molecule has 0 atom stereocenters. The summed E-state index contributed by atoms with van der Waals surface area (Å²) < 4.78 is 2.72. The molecule has 86 valence electrons. The zero-order chi connectivity index (χ0) is 12.3. The Hall–Kier alpha value is -1.80. The fourth-order valence-corrected chi connectivity index (χ4v) is 1.99. The van der Waals surface area contributed by atoms with Crippen LogP contribution in [0.5, 0.6) is 0 Å². The molecule has 2 rings (SSSR count). The van der Waals surface area contributed by atoms with Crippen molar-refractivity contribution >= 4 is 27.3 Å². The Morgan fingerprint density at radius 2 is 2.24 bits per heavy atom. The Kier molecular flexibility index (Phi) is 3.45. The second kappa shape index (κ2) is 5.02. The summed E-state index contributed by atoms with van der Waals surface area (Å²) in [6.45, 7) is 2.87. The number of aromatic nitrogens is 2. The Balaban J connectivity index is 2.24. The summed E-state index contributed by atoms with van der Waals surface area (Å²) in [5.41, 5.74) is 2.39. The van der Waals surface area contributed by atoms with Gasteiger partial charge < -0.3 is 5.32 Å². The lowest BCUT2D eigenvalue weighted by Gasteiger charge is -2.04. The number of nitrogens with zero attached hydrogens (tertiary/aromatic N) is 3. The van der Waals surface area contributed by atoms with E-state index in [4.69, 9.17) is 5.26 Å². The van der Waals surface area contributed by atoms with E-state index in [0.717, 1.165) is 22.4 Å². The molecule has 0 spiro atoms. The quantitative estimate of drug-likeness (QED) is 0.944. The van der Waals surface area contributed by atoms with Crippen molar-refractivity contribution in [2.45, 2.75) is 13.5 Å². The normalized spacial score (nSPS) is 9.94. The van der Waals surface area contributed by atoms with Crippen LogP contribution in [0.4, 0.5) is 11.4 Å². The first kappa shape index (κ1) is 11.7. The lowest BCUT2D eigenvalue weighted by atomic mass is 10.2. The molecule has 1 aromatic heterocycles. The molecule has 0 fully saturated rings. The number of aryl methyl sites for hydroxylation is 1. The average Bonchev–Trinajstić information content (AvgIpc) is 2.76. The SMILES string of the molecule is CCn1cc(Nc2cc(Br)cc(C#N)c2)cn1. The van der Waals surface area contributed by atoms with E-state index in [1.54, 1.807) is 18.3 Å². The maximum atomic E-state index is 8.88. The van der Waals surface area contributed by atoms with Crippen LogP contribution in [0, 0.1) is 11.3 Å². The minimum absolute atomic E-state index is 0.616. The molecule has 0 amide bonds. The van der Waals surface area contributed by atoms with E-state index in [1.165, 1.54) is 0 Å². The van der Waals surface area contributed by atoms with Gasteiger partial charge >= 0.3 is 0 Å². The number of nitriles is 1. The van der Waals surface area contributed by atoms with Crippen molar-refractivity contribution in [3.05, 3.63) is 40.6 Å². The highest BCUT2D eigenvalue weighted by molar-refractivity contribution is 9.10. The summed E-state index contributed by atoms with van der Waals surface area (Å²) in [5, 5.41) is 16.3. The maximum Gasteiger partial charge on any atom is 0.0992 e. The number of nitrogens with one attached hydrogen (secondary N) is 1. The highest BCUT2D eigenvalue weighted by atomic mass is 79.9. The summed E-state index contributed by atoms with van der Waals surface area (Å²) in [6, 6.07) is 7.62. The number of hydrogen-bond donors (Lipinski definition) is 1. The predicted molar refractivity (Wildman–Crippen MR) is 70.0 cm³/mol. The van der Waals surface area contributed by atoms with Crippen LogP contribution < -0.4 is 5.32 Å². The van der Waals surface area contributed by atoms with Crippen LogP contribution in [0.15, 0.2) is 35.1 Å². The molecule has 17 heavy (non-hydrogen) atoms. The summed E-state index contributed by atoms with van der Waals surface area (Å²) in [5.74, 6) is 0. The largest absolute Gasteiger partial charge is 0.353 e. The molecular formula is C12H11BrN4. The van der Waals surface area contributed by atoms with Gasteiger partial charge in [-0.05, 0) is 25.1 Å². The van der Waals surface area contributed by atoms with Gasteiger partial charge in [0.2, 0.25) is 0 Å². The molecule has 5 heteroatoms. The minimum Gasteiger partial charge on any atom is -0.353 e. The van der Waals surface area contributed by atoms with Crippen molar-refractivity contribution in [3.8, 4) is 6.07 Å². The third-order valence-corrected chi connectivity index (χ3v) is 2.73. The second-order valence-corrected chi connectivity index (χ2v) is 4.47. The van der Waals surface area contributed by atoms with E-state index < -0.39 is 0 Å². The monoisotopic (exact) mass is 290 g/mol. The molecule has 1 N–H and O–H groups in total. The van der Waals surface area contributed by atoms with E-state index in [0.29, 0.717) is 5.56 Å². The lowest BCUT2D eigenvalue weighted by molar-refractivity contribution is 0.660. The van der Waals surface area contributed by atoms with Gasteiger partial charge in [0.25, 0.3) is 0 Å². The zero-order valence-corrected chi connectivity index (χ0v) is 10.9. The average molecular weight is 291 g/mol. The summed E-state index contributed by atoms with van der Waals surface area (Å²) in [6.07, 6.45) is 3.68. The minimum atomic E-state index is 0.616. The number of halogens is 1. The first-order valence-corrected chi connectivity index (χ1v) is 6.00. The van der Waals surface area contributed by atoms with Crippen LogP contribution in [-0.4, -0.2) is 9.78 Å². The van der Waals surface area contributed by atoms with Gasteiger partial charge in [-0.2, -0.15) is 10.4 Å². The highest BCUT2D eigenvalue weighted by Gasteiger charge is 2.01. The van der Waals surface area contributed by atoms with Gasteiger partial charge in [-0.1, -0.05) is 15.9 Å². The lowest BCUT2D eigenvalue weighted by Crippen LogP contribution is -1.93. The molecule has 0 aliphatic rings. The third kappa shape index (κ3) is 2.86.